The molecule has 2 heterocycles. The van der Waals surface area contributed by atoms with E-state index in [0.29, 0.717) is 22.3 Å². The lowest BCUT2D eigenvalue weighted by Crippen LogP contribution is -2.66. The fraction of sp³-hybridized carbons (Fsp3) is 0.688. The van der Waals surface area contributed by atoms with Gasteiger partial charge in [0.2, 0.25) is 0 Å². The van der Waals surface area contributed by atoms with Gasteiger partial charge < -0.3 is 4.90 Å². The van der Waals surface area contributed by atoms with Crippen LogP contribution in [-0.4, -0.2) is 32.2 Å². The summed E-state index contributed by atoms with van der Waals surface area (Å²) < 4.78 is 23.0. The molecule has 1 spiro atoms. The Balaban J connectivity index is 1.84. The Morgan fingerprint density at radius 2 is 1.95 bits per heavy atom. The number of anilines is 1. The van der Waals surface area contributed by atoms with Crippen molar-refractivity contribution in [1.29, 1.82) is 0 Å². The number of nitrogens with zero attached hydrogens (tertiary/aromatic N) is 2. The van der Waals surface area contributed by atoms with E-state index >= 15 is 0 Å². The summed E-state index contributed by atoms with van der Waals surface area (Å²) in [5, 5.41) is 0. The van der Waals surface area contributed by atoms with Gasteiger partial charge in [0.05, 0.1) is 4.90 Å². The molecule has 1 aromatic rings. The first-order valence-corrected chi connectivity index (χ1v) is 9.65. The van der Waals surface area contributed by atoms with Crippen molar-refractivity contribution in [3.8, 4) is 0 Å². The Hall–Kier alpha value is -1.10. The molecule has 2 fully saturated rings. The second-order valence-electron chi connectivity index (χ2n) is 7.01. The number of pyridine rings is 1. The lowest BCUT2D eigenvalue weighted by Gasteiger charge is -2.59. The highest BCUT2D eigenvalue weighted by molar-refractivity contribution is 7.90. The van der Waals surface area contributed by atoms with Crippen LogP contribution in [0.2, 0.25) is 0 Å². The van der Waals surface area contributed by atoms with Gasteiger partial charge in [0.1, 0.15) is 5.82 Å². The van der Waals surface area contributed by atoms with Gasteiger partial charge in [-0.3, -0.25) is 0 Å². The van der Waals surface area contributed by atoms with Crippen LogP contribution in [-0.2, 0) is 9.84 Å². The second kappa shape index (κ2) is 4.97. The summed E-state index contributed by atoms with van der Waals surface area (Å²) in [4.78, 5) is 7.06. The largest absolute Gasteiger partial charge is 0.352 e. The fourth-order valence-electron chi connectivity index (χ4n) is 4.33. The van der Waals surface area contributed by atoms with Crippen LogP contribution in [0, 0.1) is 11.3 Å². The van der Waals surface area contributed by atoms with Gasteiger partial charge in [-0.05, 0) is 30.9 Å². The zero-order chi connectivity index (χ0) is 15.3. The van der Waals surface area contributed by atoms with Crippen LogP contribution in [0.3, 0.4) is 0 Å². The third kappa shape index (κ3) is 2.45. The van der Waals surface area contributed by atoms with Gasteiger partial charge in [0.15, 0.2) is 9.84 Å². The minimum atomic E-state index is -3.17. The smallest absolute Gasteiger partial charge is 0.177 e. The number of hydrogen-bond donors (Lipinski definition) is 0. The van der Waals surface area contributed by atoms with E-state index in [1.165, 1.54) is 38.1 Å². The monoisotopic (exact) mass is 308 g/mol. The van der Waals surface area contributed by atoms with Crippen LogP contribution in [0.5, 0.6) is 0 Å². The average Bonchev–Trinajstić information content (AvgIpc) is 2.85. The molecule has 1 saturated heterocycles. The van der Waals surface area contributed by atoms with Crippen molar-refractivity contribution in [2.45, 2.75) is 50.5 Å². The van der Waals surface area contributed by atoms with Crippen LogP contribution in [0.1, 0.15) is 39.5 Å². The molecule has 0 aromatic carbocycles. The quantitative estimate of drug-likeness (QED) is 0.861. The molecule has 1 atom stereocenters. The van der Waals surface area contributed by atoms with Crippen molar-refractivity contribution in [2.24, 2.45) is 11.3 Å². The molecule has 1 aliphatic carbocycles. The number of hydrogen-bond acceptors (Lipinski definition) is 4. The second-order valence-corrected chi connectivity index (χ2v) is 9.03. The Morgan fingerprint density at radius 1 is 1.29 bits per heavy atom. The third-order valence-corrected chi connectivity index (χ3v) is 6.22. The first kappa shape index (κ1) is 14.8. The number of sulfone groups is 1. The van der Waals surface area contributed by atoms with Crippen molar-refractivity contribution >= 4 is 15.7 Å². The summed E-state index contributed by atoms with van der Waals surface area (Å²) in [7, 11) is -3.17. The maximum atomic E-state index is 11.5. The number of rotatable bonds is 3. The predicted octanol–water partition coefficient (Wildman–Crippen LogP) is 2.89. The first-order valence-electron chi connectivity index (χ1n) is 7.76. The van der Waals surface area contributed by atoms with E-state index < -0.39 is 9.84 Å². The maximum absolute atomic E-state index is 11.5. The topological polar surface area (TPSA) is 50.3 Å². The summed E-state index contributed by atoms with van der Waals surface area (Å²) >= 11 is 0. The van der Waals surface area contributed by atoms with Gasteiger partial charge in [-0.2, -0.15) is 0 Å². The zero-order valence-electron chi connectivity index (χ0n) is 13.0. The van der Waals surface area contributed by atoms with Crippen LogP contribution >= 0.6 is 0 Å². The van der Waals surface area contributed by atoms with Gasteiger partial charge in [0, 0.05) is 30.5 Å². The molecule has 0 N–H and O–H groups in total. The molecule has 4 nitrogen and oxygen atoms in total. The predicted molar refractivity (Wildman–Crippen MR) is 84.2 cm³/mol. The van der Waals surface area contributed by atoms with Gasteiger partial charge >= 0.3 is 0 Å². The molecular weight excluding hydrogens is 284 g/mol. The Kier molecular flexibility index (Phi) is 3.51. The van der Waals surface area contributed by atoms with Crippen molar-refractivity contribution < 1.29 is 8.42 Å². The fourth-order valence-corrected chi connectivity index (χ4v) is 4.89. The Labute approximate surface area is 127 Å². The summed E-state index contributed by atoms with van der Waals surface area (Å²) in [5.41, 5.74) is 0.478. The highest BCUT2D eigenvalue weighted by atomic mass is 32.2. The minimum absolute atomic E-state index is 0.295. The molecule has 0 unspecified atom stereocenters. The number of aromatic nitrogens is 1. The van der Waals surface area contributed by atoms with E-state index in [1.807, 2.05) is 6.07 Å². The van der Waals surface area contributed by atoms with E-state index in [4.69, 9.17) is 0 Å². The van der Waals surface area contributed by atoms with Gasteiger partial charge in [-0.25, -0.2) is 13.4 Å². The van der Waals surface area contributed by atoms with E-state index in [2.05, 4.69) is 23.7 Å². The third-order valence-electron chi connectivity index (χ3n) is 5.12. The summed E-state index contributed by atoms with van der Waals surface area (Å²) in [6.07, 6.45) is 8.05. The normalized spacial score (nSPS) is 24.6. The van der Waals surface area contributed by atoms with Crippen LogP contribution in [0.15, 0.2) is 23.2 Å². The van der Waals surface area contributed by atoms with Gasteiger partial charge in [0.25, 0.3) is 0 Å². The molecule has 3 rings (SSSR count). The lowest BCUT2D eigenvalue weighted by molar-refractivity contribution is 0.0980. The minimum Gasteiger partial charge on any atom is -0.352 e. The van der Waals surface area contributed by atoms with E-state index in [9.17, 15) is 8.42 Å². The van der Waals surface area contributed by atoms with E-state index in [1.54, 1.807) is 6.07 Å². The van der Waals surface area contributed by atoms with Crippen molar-refractivity contribution in [3.05, 3.63) is 18.3 Å². The SMILES string of the molecule is CC(C)[C@H]1N(c2ccc(S(C)(=O)=O)cn2)CC12CCCC2. The molecule has 21 heavy (non-hydrogen) atoms. The highest BCUT2D eigenvalue weighted by Gasteiger charge is 2.54. The maximum Gasteiger partial charge on any atom is 0.177 e. The molecule has 1 aromatic heterocycles. The summed E-state index contributed by atoms with van der Waals surface area (Å²) in [6.45, 7) is 5.63. The molecule has 0 radical (unpaired) electrons. The Bertz CT molecular complexity index is 616. The molecule has 2 aliphatic rings. The molecule has 1 aliphatic heterocycles. The van der Waals surface area contributed by atoms with Crippen molar-refractivity contribution in [1.82, 2.24) is 4.98 Å². The van der Waals surface area contributed by atoms with Crippen LogP contribution in [0.4, 0.5) is 5.82 Å². The first-order chi connectivity index (χ1) is 9.83. The molecule has 1 saturated carbocycles. The van der Waals surface area contributed by atoms with Gasteiger partial charge in [-0.15, -0.1) is 0 Å². The lowest BCUT2D eigenvalue weighted by atomic mass is 9.66. The van der Waals surface area contributed by atoms with Crippen LogP contribution < -0.4 is 4.90 Å². The standard InChI is InChI=1S/C16H24N2O2S/c1-12(2)15-16(8-4-5-9-16)11-18(15)14-7-6-13(10-17-14)21(3,19)20/h6-7,10,12,15H,4-5,8-9,11H2,1-3H3/t15-/m1/s1. The van der Waals surface area contributed by atoms with Crippen molar-refractivity contribution in [3.63, 3.8) is 0 Å². The van der Waals surface area contributed by atoms with Crippen LogP contribution in [0.25, 0.3) is 0 Å². The molecule has 0 bridgehead atoms. The average molecular weight is 308 g/mol. The summed E-state index contributed by atoms with van der Waals surface area (Å²) in [6, 6.07) is 4.07. The van der Waals surface area contributed by atoms with E-state index in [0.717, 1.165) is 12.4 Å². The molecule has 0 amide bonds. The molecule has 5 heteroatoms. The molecule has 116 valence electrons. The molecular formula is C16H24N2O2S. The Morgan fingerprint density at radius 3 is 2.43 bits per heavy atom. The van der Waals surface area contributed by atoms with E-state index in [-0.39, 0.29) is 0 Å². The van der Waals surface area contributed by atoms with Gasteiger partial charge in [-0.1, -0.05) is 26.7 Å². The zero-order valence-corrected chi connectivity index (χ0v) is 13.9. The summed E-state index contributed by atoms with van der Waals surface area (Å²) in [5.74, 6) is 1.51. The highest BCUT2D eigenvalue weighted by Crippen LogP contribution is 2.53. The van der Waals surface area contributed by atoms with Crippen molar-refractivity contribution in [2.75, 3.05) is 17.7 Å².